The number of sulfonamides is 1. The van der Waals surface area contributed by atoms with Gasteiger partial charge in [-0.1, -0.05) is 25.1 Å². The summed E-state index contributed by atoms with van der Waals surface area (Å²) < 4.78 is 28.0. The zero-order valence-electron chi connectivity index (χ0n) is 13.7. The van der Waals surface area contributed by atoms with Crippen molar-refractivity contribution in [3.63, 3.8) is 0 Å². The number of aryl methyl sites for hydroxylation is 1. The van der Waals surface area contributed by atoms with E-state index in [1.54, 1.807) is 18.2 Å². The summed E-state index contributed by atoms with van der Waals surface area (Å²) in [5.74, 6) is -0.260. The van der Waals surface area contributed by atoms with Gasteiger partial charge in [0.25, 0.3) is 10.0 Å². The molecule has 0 spiro atoms. The highest BCUT2D eigenvalue weighted by atomic mass is 32.2. The van der Waals surface area contributed by atoms with E-state index in [0.29, 0.717) is 18.7 Å². The molecule has 0 saturated heterocycles. The number of nitrogens with zero attached hydrogens (tertiary/aromatic N) is 1. The van der Waals surface area contributed by atoms with Gasteiger partial charge in [0.05, 0.1) is 5.69 Å². The first-order valence-corrected chi connectivity index (χ1v) is 10.2. The molecule has 1 unspecified atom stereocenters. The van der Waals surface area contributed by atoms with E-state index >= 15 is 0 Å². The molecule has 0 radical (unpaired) electrons. The van der Waals surface area contributed by atoms with Crippen molar-refractivity contribution in [3.8, 4) is 0 Å². The lowest BCUT2D eigenvalue weighted by atomic mass is 10.1. The Morgan fingerprint density at radius 1 is 1.25 bits per heavy atom. The molecule has 1 aromatic heterocycles. The zero-order chi connectivity index (χ0) is 17.3. The van der Waals surface area contributed by atoms with Gasteiger partial charge in [-0.25, -0.2) is 8.42 Å². The number of hydrogen-bond donors (Lipinski definition) is 1. The highest BCUT2D eigenvalue weighted by Crippen LogP contribution is 2.38. The molecule has 0 fully saturated rings. The molecule has 24 heavy (non-hydrogen) atoms. The number of rotatable bonds is 5. The van der Waals surface area contributed by atoms with Crippen molar-refractivity contribution in [1.82, 2.24) is 5.32 Å². The van der Waals surface area contributed by atoms with E-state index in [0.717, 1.165) is 16.9 Å². The number of benzene rings is 1. The summed E-state index contributed by atoms with van der Waals surface area (Å²) in [7, 11) is -3.76. The third kappa shape index (κ3) is 2.82. The number of anilines is 1. The number of fused-ring (bicyclic) bond motifs is 1. The lowest BCUT2D eigenvalue weighted by molar-refractivity contribution is -0.121. The second kappa shape index (κ2) is 6.57. The molecule has 5 nitrogen and oxygen atoms in total. The van der Waals surface area contributed by atoms with Gasteiger partial charge >= 0.3 is 0 Å². The van der Waals surface area contributed by atoms with Gasteiger partial charge in [0, 0.05) is 17.8 Å². The van der Waals surface area contributed by atoms with Crippen LogP contribution in [-0.2, 0) is 27.7 Å². The van der Waals surface area contributed by atoms with Gasteiger partial charge in [-0.15, -0.1) is 11.3 Å². The van der Waals surface area contributed by atoms with Crippen LogP contribution in [0.4, 0.5) is 5.69 Å². The molecule has 0 aliphatic carbocycles. The molecule has 2 aromatic rings. The van der Waals surface area contributed by atoms with Gasteiger partial charge in [-0.3, -0.25) is 9.10 Å². The van der Waals surface area contributed by atoms with E-state index in [2.05, 4.69) is 5.32 Å². The molecular weight excluding hydrogens is 344 g/mol. The third-order valence-corrected chi connectivity index (χ3v) is 7.60. The molecular formula is C17H20N2O3S2. The van der Waals surface area contributed by atoms with Crippen LogP contribution in [0, 0.1) is 0 Å². The average Bonchev–Trinajstić information content (AvgIpc) is 3.20. The maximum atomic E-state index is 13.2. The van der Waals surface area contributed by atoms with Crippen LogP contribution in [0.2, 0.25) is 0 Å². The van der Waals surface area contributed by atoms with Crippen LogP contribution >= 0.6 is 11.3 Å². The second-order valence-corrected chi connectivity index (χ2v) is 8.83. The van der Waals surface area contributed by atoms with E-state index in [1.165, 1.54) is 15.6 Å². The Morgan fingerprint density at radius 3 is 2.67 bits per heavy atom. The van der Waals surface area contributed by atoms with Crippen LogP contribution in [0.3, 0.4) is 0 Å². The van der Waals surface area contributed by atoms with E-state index in [9.17, 15) is 13.2 Å². The SMILES string of the molecule is CCNC(=O)C1Cc2ccccc2N1S(=O)(=O)c1ccc(CC)s1. The van der Waals surface area contributed by atoms with Crippen LogP contribution < -0.4 is 9.62 Å². The number of likely N-dealkylation sites (N-methyl/N-ethyl adjacent to an activating group) is 1. The minimum atomic E-state index is -3.76. The Labute approximate surface area is 146 Å². The Kier molecular flexibility index (Phi) is 4.64. The van der Waals surface area contributed by atoms with Gasteiger partial charge in [0.2, 0.25) is 5.91 Å². The highest BCUT2D eigenvalue weighted by molar-refractivity contribution is 7.94. The monoisotopic (exact) mass is 364 g/mol. The number of para-hydroxylation sites is 1. The Morgan fingerprint density at radius 2 is 2.00 bits per heavy atom. The zero-order valence-corrected chi connectivity index (χ0v) is 15.3. The summed E-state index contributed by atoms with van der Waals surface area (Å²) in [6, 6.07) is 10.0. The quantitative estimate of drug-likeness (QED) is 0.887. The minimum absolute atomic E-state index is 0.260. The van der Waals surface area contributed by atoms with Crippen molar-refractivity contribution >= 4 is 33.0 Å². The molecule has 7 heteroatoms. The topological polar surface area (TPSA) is 66.5 Å². The Balaban J connectivity index is 2.08. The molecule has 0 bridgehead atoms. The van der Waals surface area contributed by atoms with Gasteiger partial charge in [-0.05, 0) is 37.1 Å². The number of carbonyl (C=O) groups excluding carboxylic acids is 1. The molecule has 1 aromatic carbocycles. The molecule has 1 aliphatic heterocycles. The fraction of sp³-hybridized carbons (Fsp3) is 0.353. The number of hydrogen-bond acceptors (Lipinski definition) is 4. The maximum Gasteiger partial charge on any atom is 0.274 e. The predicted molar refractivity (Wildman–Crippen MR) is 96.0 cm³/mol. The van der Waals surface area contributed by atoms with Crippen LogP contribution in [0.15, 0.2) is 40.6 Å². The molecule has 1 N–H and O–H groups in total. The summed E-state index contributed by atoms with van der Waals surface area (Å²) in [6.07, 6.45) is 1.18. The van der Waals surface area contributed by atoms with E-state index in [4.69, 9.17) is 0 Å². The average molecular weight is 364 g/mol. The normalized spacial score (nSPS) is 16.9. The first-order chi connectivity index (χ1) is 11.5. The summed E-state index contributed by atoms with van der Waals surface area (Å²) >= 11 is 1.27. The summed E-state index contributed by atoms with van der Waals surface area (Å²) in [4.78, 5) is 13.5. The van der Waals surface area contributed by atoms with E-state index < -0.39 is 16.1 Å². The summed E-state index contributed by atoms with van der Waals surface area (Å²) in [6.45, 7) is 4.29. The minimum Gasteiger partial charge on any atom is -0.355 e. The number of carbonyl (C=O) groups is 1. The fourth-order valence-corrected chi connectivity index (χ4v) is 5.96. The second-order valence-electron chi connectivity index (χ2n) is 5.62. The van der Waals surface area contributed by atoms with Crippen LogP contribution in [0.5, 0.6) is 0 Å². The summed E-state index contributed by atoms with van der Waals surface area (Å²) in [5.41, 5.74) is 1.48. The van der Waals surface area contributed by atoms with Crippen LogP contribution in [-0.4, -0.2) is 26.9 Å². The standard InChI is InChI=1S/C17H20N2O3S2/c1-3-13-9-10-16(23-13)24(21,22)19-14-8-6-5-7-12(14)11-15(19)17(20)18-4-2/h5-10,15H,3-4,11H2,1-2H3,(H,18,20). The van der Waals surface area contributed by atoms with E-state index in [1.807, 2.05) is 32.0 Å². The van der Waals surface area contributed by atoms with Crippen molar-refractivity contribution in [2.75, 3.05) is 10.8 Å². The molecule has 3 rings (SSSR count). The van der Waals surface area contributed by atoms with Crippen molar-refractivity contribution in [2.45, 2.75) is 36.9 Å². The molecule has 2 heterocycles. The van der Waals surface area contributed by atoms with E-state index in [-0.39, 0.29) is 10.1 Å². The third-order valence-electron chi connectivity index (χ3n) is 4.08. The fourth-order valence-electron chi connectivity index (χ4n) is 2.93. The summed E-state index contributed by atoms with van der Waals surface area (Å²) in [5, 5.41) is 2.75. The Hall–Kier alpha value is -1.86. The molecule has 1 atom stereocenters. The number of amides is 1. The number of thiophene rings is 1. The molecule has 1 amide bonds. The maximum absolute atomic E-state index is 13.2. The van der Waals surface area contributed by atoms with Crippen LogP contribution in [0.1, 0.15) is 24.3 Å². The Bertz CT molecular complexity index is 858. The lowest BCUT2D eigenvalue weighted by Gasteiger charge is -2.25. The number of nitrogens with one attached hydrogen (secondary N) is 1. The van der Waals surface area contributed by atoms with Crippen molar-refractivity contribution in [1.29, 1.82) is 0 Å². The van der Waals surface area contributed by atoms with Gasteiger partial charge in [0.15, 0.2) is 0 Å². The first-order valence-electron chi connectivity index (χ1n) is 7.97. The molecule has 0 saturated carbocycles. The molecule has 1 aliphatic rings. The molecule has 128 valence electrons. The van der Waals surface area contributed by atoms with Crippen molar-refractivity contribution in [2.24, 2.45) is 0 Å². The van der Waals surface area contributed by atoms with Crippen molar-refractivity contribution in [3.05, 3.63) is 46.8 Å². The van der Waals surface area contributed by atoms with Gasteiger partial charge in [0.1, 0.15) is 10.3 Å². The highest BCUT2D eigenvalue weighted by Gasteiger charge is 2.42. The van der Waals surface area contributed by atoms with Gasteiger partial charge < -0.3 is 5.32 Å². The van der Waals surface area contributed by atoms with Crippen molar-refractivity contribution < 1.29 is 13.2 Å². The smallest absolute Gasteiger partial charge is 0.274 e. The first kappa shape index (κ1) is 17.0. The lowest BCUT2D eigenvalue weighted by Crippen LogP contribution is -2.47. The predicted octanol–water partition coefficient (Wildman–Crippen LogP) is 2.57. The van der Waals surface area contributed by atoms with Crippen LogP contribution in [0.25, 0.3) is 0 Å². The largest absolute Gasteiger partial charge is 0.355 e. The van der Waals surface area contributed by atoms with Gasteiger partial charge in [-0.2, -0.15) is 0 Å².